The Kier molecular flexibility index (Phi) is 4.70. The average molecular weight is 243 g/mol. The molecular weight excluding hydrogens is 226 g/mol. The molecule has 0 aromatic heterocycles. The van der Waals surface area contributed by atoms with E-state index in [-0.39, 0.29) is 24.7 Å². The maximum atomic E-state index is 11.7. The van der Waals surface area contributed by atoms with Gasteiger partial charge in [-0.25, -0.2) is 10.6 Å². The van der Waals surface area contributed by atoms with Gasteiger partial charge >= 0.3 is 6.03 Å². The summed E-state index contributed by atoms with van der Waals surface area (Å²) in [5, 5.41) is 0. The third-order valence-electron chi connectivity index (χ3n) is 2.67. The number of carbonyl (C=O) groups is 3. The van der Waals surface area contributed by atoms with Crippen molar-refractivity contribution in [2.45, 2.75) is 12.8 Å². The summed E-state index contributed by atoms with van der Waals surface area (Å²) in [4.78, 5) is 36.5. The predicted molar refractivity (Wildman–Crippen MR) is 59.3 cm³/mol. The van der Waals surface area contributed by atoms with E-state index in [0.29, 0.717) is 26.2 Å². The van der Waals surface area contributed by atoms with E-state index >= 15 is 0 Å². The minimum Gasteiger partial charge on any atom is -0.351 e. The second kappa shape index (κ2) is 6.04. The van der Waals surface area contributed by atoms with Crippen LogP contribution in [0.2, 0.25) is 0 Å². The lowest BCUT2D eigenvalue weighted by Crippen LogP contribution is -2.52. The maximum absolute atomic E-state index is 11.7. The van der Waals surface area contributed by atoms with Crippen LogP contribution in [0.1, 0.15) is 12.8 Å². The van der Waals surface area contributed by atoms with Gasteiger partial charge in [0, 0.05) is 39.0 Å². The lowest BCUT2D eigenvalue weighted by molar-refractivity contribution is -0.134. The van der Waals surface area contributed by atoms with Crippen molar-refractivity contribution in [3.8, 4) is 0 Å². The Labute approximate surface area is 98.9 Å². The number of nitrogens with two attached hydrogens (primary N) is 2. The van der Waals surface area contributed by atoms with Crippen LogP contribution >= 0.6 is 0 Å². The zero-order valence-corrected chi connectivity index (χ0v) is 9.52. The van der Waals surface area contributed by atoms with Crippen LogP contribution in [0.5, 0.6) is 0 Å². The first kappa shape index (κ1) is 13.2. The fourth-order valence-electron chi connectivity index (χ4n) is 1.63. The Bertz CT molecular complexity index is 312. The van der Waals surface area contributed by atoms with Gasteiger partial charge in [0.15, 0.2) is 0 Å². The highest BCUT2D eigenvalue weighted by Crippen LogP contribution is 2.04. The monoisotopic (exact) mass is 243 g/mol. The van der Waals surface area contributed by atoms with Gasteiger partial charge in [0.25, 0.3) is 0 Å². The molecule has 1 saturated heterocycles. The second-order valence-electron chi connectivity index (χ2n) is 3.77. The van der Waals surface area contributed by atoms with Gasteiger partial charge in [-0.05, 0) is 0 Å². The van der Waals surface area contributed by atoms with E-state index in [1.807, 2.05) is 5.43 Å². The summed E-state index contributed by atoms with van der Waals surface area (Å²) in [6.45, 7) is 1.77. The van der Waals surface area contributed by atoms with Gasteiger partial charge in [0.05, 0.1) is 0 Å². The van der Waals surface area contributed by atoms with Gasteiger partial charge in [-0.2, -0.15) is 0 Å². The Morgan fingerprint density at radius 3 is 2.00 bits per heavy atom. The molecule has 0 bridgehead atoms. The largest absolute Gasteiger partial charge is 0.351 e. The average Bonchev–Trinajstić information content (AvgIpc) is 2.35. The van der Waals surface area contributed by atoms with E-state index < -0.39 is 6.03 Å². The molecule has 8 heteroatoms. The van der Waals surface area contributed by atoms with Crippen molar-refractivity contribution in [2.75, 3.05) is 26.2 Å². The molecule has 0 aliphatic carbocycles. The first-order chi connectivity index (χ1) is 8.04. The lowest BCUT2D eigenvalue weighted by atomic mass is 10.2. The van der Waals surface area contributed by atoms with Crippen LogP contribution in [-0.2, 0) is 9.59 Å². The quantitative estimate of drug-likeness (QED) is 0.301. The van der Waals surface area contributed by atoms with Gasteiger partial charge in [-0.15, -0.1) is 0 Å². The van der Waals surface area contributed by atoms with Crippen molar-refractivity contribution in [2.24, 2.45) is 11.6 Å². The first-order valence-electron chi connectivity index (χ1n) is 5.36. The maximum Gasteiger partial charge on any atom is 0.314 e. The van der Waals surface area contributed by atoms with E-state index in [4.69, 9.17) is 11.6 Å². The molecule has 0 aromatic rings. The van der Waals surface area contributed by atoms with Crippen LogP contribution in [0.25, 0.3) is 0 Å². The zero-order valence-electron chi connectivity index (χ0n) is 9.52. The molecule has 0 atom stereocenters. The minimum atomic E-state index is -0.473. The molecule has 96 valence electrons. The molecule has 0 radical (unpaired) electrons. The van der Waals surface area contributed by atoms with Crippen LogP contribution in [0.15, 0.2) is 0 Å². The molecule has 0 unspecified atom stereocenters. The highest BCUT2D eigenvalue weighted by Gasteiger charge is 2.22. The molecule has 8 nitrogen and oxygen atoms in total. The highest BCUT2D eigenvalue weighted by molar-refractivity contribution is 5.83. The molecule has 4 amide bonds. The van der Waals surface area contributed by atoms with Crippen LogP contribution in [-0.4, -0.2) is 53.8 Å². The molecule has 1 fully saturated rings. The fourth-order valence-corrected chi connectivity index (χ4v) is 1.63. The van der Waals surface area contributed by atoms with E-state index in [0.717, 1.165) is 0 Å². The summed E-state index contributed by atoms with van der Waals surface area (Å²) in [7, 11) is 0. The number of rotatable bonds is 3. The smallest absolute Gasteiger partial charge is 0.314 e. The van der Waals surface area contributed by atoms with Crippen molar-refractivity contribution >= 4 is 17.8 Å². The summed E-state index contributed by atoms with van der Waals surface area (Å²) >= 11 is 0. The number of nitrogens with one attached hydrogen (secondary N) is 1. The Hall–Kier alpha value is -1.83. The summed E-state index contributed by atoms with van der Waals surface area (Å²) in [6, 6.07) is -0.473. The van der Waals surface area contributed by atoms with Crippen LogP contribution in [0.4, 0.5) is 4.79 Å². The number of hydrogen-bond acceptors (Lipinski definition) is 4. The van der Waals surface area contributed by atoms with Gasteiger partial charge < -0.3 is 15.5 Å². The van der Waals surface area contributed by atoms with Crippen LogP contribution < -0.4 is 17.0 Å². The molecule has 1 heterocycles. The van der Waals surface area contributed by atoms with E-state index in [2.05, 4.69) is 0 Å². The Balaban J connectivity index is 2.31. The van der Waals surface area contributed by atoms with E-state index in [1.54, 1.807) is 4.90 Å². The Morgan fingerprint density at radius 1 is 1.00 bits per heavy atom. The Morgan fingerprint density at radius 2 is 1.53 bits per heavy atom. The number of hydrazine groups is 1. The first-order valence-corrected chi connectivity index (χ1v) is 5.36. The standard InChI is InChI=1S/C9H17N5O3/c10-9(17)14-5-3-13(4-6-14)8(16)2-1-7(15)12-11/h1-6,11H2,(H2,10,17)(H,12,15). The SMILES string of the molecule is NNC(=O)CCC(=O)N1CCN(C(N)=O)CC1. The molecule has 0 saturated carbocycles. The summed E-state index contributed by atoms with van der Waals surface area (Å²) in [5.41, 5.74) is 7.09. The molecule has 5 N–H and O–H groups in total. The van der Waals surface area contributed by atoms with Gasteiger partial charge in [0.1, 0.15) is 0 Å². The van der Waals surface area contributed by atoms with Crippen molar-refractivity contribution in [3.63, 3.8) is 0 Å². The van der Waals surface area contributed by atoms with E-state index in [1.165, 1.54) is 4.90 Å². The molecule has 1 aliphatic rings. The number of urea groups is 1. The molecule has 17 heavy (non-hydrogen) atoms. The van der Waals surface area contributed by atoms with Crippen molar-refractivity contribution in [3.05, 3.63) is 0 Å². The number of carbonyl (C=O) groups excluding carboxylic acids is 3. The summed E-state index contributed by atoms with van der Waals surface area (Å²) in [6.07, 6.45) is 0.199. The van der Waals surface area contributed by atoms with Gasteiger partial charge in [-0.3, -0.25) is 15.0 Å². The number of nitrogens with zero attached hydrogens (tertiary/aromatic N) is 2. The highest BCUT2D eigenvalue weighted by atomic mass is 16.2. The number of hydrogen-bond donors (Lipinski definition) is 3. The van der Waals surface area contributed by atoms with Gasteiger partial charge in [0.2, 0.25) is 11.8 Å². The van der Waals surface area contributed by atoms with Crippen molar-refractivity contribution in [1.82, 2.24) is 15.2 Å². The lowest BCUT2D eigenvalue weighted by Gasteiger charge is -2.33. The number of piperazine rings is 1. The topological polar surface area (TPSA) is 122 Å². The van der Waals surface area contributed by atoms with Crippen molar-refractivity contribution in [1.29, 1.82) is 0 Å². The van der Waals surface area contributed by atoms with Gasteiger partial charge in [-0.1, -0.05) is 0 Å². The minimum absolute atomic E-state index is 0.0748. The summed E-state index contributed by atoms with van der Waals surface area (Å²) in [5.74, 6) is 4.43. The third kappa shape index (κ3) is 3.91. The molecule has 1 rings (SSSR count). The fraction of sp³-hybridized carbons (Fsp3) is 0.667. The second-order valence-corrected chi connectivity index (χ2v) is 3.77. The normalized spacial score (nSPS) is 15.6. The molecular formula is C9H17N5O3. The molecule has 1 aliphatic heterocycles. The zero-order chi connectivity index (χ0) is 12.8. The number of amides is 4. The van der Waals surface area contributed by atoms with Crippen molar-refractivity contribution < 1.29 is 14.4 Å². The molecule has 0 spiro atoms. The van der Waals surface area contributed by atoms with E-state index in [9.17, 15) is 14.4 Å². The summed E-state index contributed by atoms with van der Waals surface area (Å²) < 4.78 is 0. The predicted octanol–water partition coefficient (Wildman–Crippen LogP) is -2.02. The number of primary amides is 1. The van der Waals surface area contributed by atoms with Crippen LogP contribution in [0, 0.1) is 0 Å². The third-order valence-corrected chi connectivity index (χ3v) is 2.67. The van der Waals surface area contributed by atoms with Crippen LogP contribution in [0.3, 0.4) is 0 Å². The molecule has 0 aromatic carbocycles.